The van der Waals surface area contributed by atoms with Crippen LogP contribution in [0.4, 0.5) is 5.69 Å². The fourth-order valence-corrected chi connectivity index (χ4v) is 2.35. The van der Waals surface area contributed by atoms with E-state index in [4.69, 9.17) is 10.5 Å². The van der Waals surface area contributed by atoms with Crippen LogP contribution in [0, 0.1) is 6.92 Å². The highest BCUT2D eigenvalue weighted by atomic mass is 16.5. The van der Waals surface area contributed by atoms with Gasteiger partial charge in [-0.3, -0.25) is 9.48 Å². The molecule has 1 unspecified atom stereocenters. The van der Waals surface area contributed by atoms with Gasteiger partial charge in [-0.05, 0) is 20.3 Å². The zero-order chi connectivity index (χ0) is 14.0. The Kier molecular flexibility index (Phi) is 4.09. The first-order chi connectivity index (χ1) is 9.08. The molecule has 6 heteroatoms. The third kappa shape index (κ3) is 2.58. The number of nitrogens with two attached hydrogens (primary N) is 1. The molecule has 1 atom stereocenters. The minimum atomic E-state index is -0.0401. The van der Waals surface area contributed by atoms with Gasteiger partial charge in [0.15, 0.2) is 0 Å². The van der Waals surface area contributed by atoms with Gasteiger partial charge < -0.3 is 15.4 Å². The molecule has 1 fully saturated rings. The first-order valence-electron chi connectivity index (χ1n) is 6.82. The van der Waals surface area contributed by atoms with Crippen LogP contribution >= 0.6 is 0 Å². The van der Waals surface area contributed by atoms with Crippen molar-refractivity contribution in [2.24, 2.45) is 0 Å². The first kappa shape index (κ1) is 13.9. The molecular weight excluding hydrogens is 244 g/mol. The second-order valence-electron chi connectivity index (χ2n) is 4.82. The molecule has 106 valence electrons. The average molecular weight is 266 g/mol. The van der Waals surface area contributed by atoms with Gasteiger partial charge in [-0.2, -0.15) is 5.10 Å². The summed E-state index contributed by atoms with van der Waals surface area (Å²) in [5, 5.41) is 4.30. The number of hydrogen-bond acceptors (Lipinski definition) is 4. The van der Waals surface area contributed by atoms with E-state index < -0.39 is 0 Å². The van der Waals surface area contributed by atoms with Crippen molar-refractivity contribution in [3.05, 3.63) is 11.4 Å². The summed E-state index contributed by atoms with van der Waals surface area (Å²) in [5.74, 6) is -0.0401. The van der Waals surface area contributed by atoms with Crippen LogP contribution in [0.5, 0.6) is 0 Å². The molecule has 1 aliphatic heterocycles. The standard InChI is InChI=1S/C13H22N4O2/c1-4-10-8-16(6-7-19-10)13(18)12-11(14)9(3)15-17(12)5-2/h10H,4-8,14H2,1-3H3. The third-order valence-corrected chi connectivity index (χ3v) is 3.56. The van der Waals surface area contributed by atoms with Crippen molar-refractivity contribution in [3.63, 3.8) is 0 Å². The van der Waals surface area contributed by atoms with E-state index in [1.807, 2.05) is 18.7 Å². The molecule has 0 aliphatic carbocycles. The molecule has 1 aromatic heterocycles. The van der Waals surface area contributed by atoms with Crippen LogP contribution in [0.3, 0.4) is 0 Å². The smallest absolute Gasteiger partial charge is 0.274 e. The summed E-state index contributed by atoms with van der Waals surface area (Å²) in [4.78, 5) is 14.4. The fraction of sp³-hybridized carbons (Fsp3) is 0.692. The number of aromatic nitrogens is 2. The van der Waals surface area contributed by atoms with Crippen molar-refractivity contribution in [2.75, 3.05) is 25.4 Å². The zero-order valence-corrected chi connectivity index (χ0v) is 11.8. The molecular formula is C13H22N4O2. The number of nitrogens with zero attached hydrogens (tertiary/aromatic N) is 3. The van der Waals surface area contributed by atoms with Crippen molar-refractivity contribution in [1.29, 1.82) is 0 Å². The van der Waals surface area contributed by atoms with Gasteiger partial charge in [-0.15, -0.1) is 0 Å². The van der Waals surface area contributed by atoms with Crippen LogP contribution in [0.25, 0.3) is 0 Å². The second-order valence-corrected chi connectivity index (χ2v) is 4.82. The summed E-state index contributed by atoms with van der Waals surface area (Å²) in [6.07, 6.45) is 1.03. The molecule has 0 aromatic carbocycles. The van der Waals surface area contributed by atoms with Crippen LogP contribution in [-0.4, -0.2) is 46.4 Å². The first-order valence-corrected chi connectivity index (χ1v) is 6.82. The Morgan fingerprint density at radius 3 is 2.89 bits per heavy atom. The van der Waals surface area contributed by atoms with Crippen molar-refractivity contribution >= 4 is 11.6 Å². The molecule has 2 rings (SSSR count). The highest BCUT2D eigenvalue weighted by Crippen LogP contribution is 2.20. The summed E-state index contributed by atoms with van der Waals surface area (Å²) in [5.41, 5.74) is 7.71. The summed E-state index contributed by atoms with van der Waals surface area (Å²) < 4.78 is 7.27. The van der Waals surface area contributed by atoms with E-state index in [2.05, 4.69) is 12.0 Å². The Labute approximate surface area is 113 Å². The van der Waals surface area contributed by atoms with Crippen LogP contribution in [-0.2, 0) is 11.3 Å². The number of rotatable bonds is 3. The molecule has 6 nitrogen and oxygen atoms in total. The summed E-state index contributed by atoms with van der Waals surface area (Å²) in [7, 11) is 0. The minimum absolute atomic E-state index is 0.0401. The van der Waals surface area contributed by atoms with Crippen LogP contribution in [0.15, 0.2) is 0 Å². The van der Waals surface area contributed by atoms with Gasteiger partial charge in [0.05, 0.1) is 24.1 Å². The SMILES string of the molecule is CCC1CN(C(=O)c2c(N)c(C)nn2CC)CCO1. The lowest BCUT2D eigenvalue weighted by Crippen LogP contribution is -2.46. The van der Waals surface area contributed by atoms with Crippen molar-refractivity contribution in [2.45, 2.75) is 39.8 Å². The maximum absolute atomic E-state index is 12.6. The number of carbonyl (C=O) groups excluding carboxylic acids is 1. The van der Waals surface area contributed by atoms with Crippen molar-refractivity contribution in [1.82, 2.24) is 14.7 Å². The van der Waals surface area contributed by atoms with Gasteiger partial charge in [0.2, 0.25) is 0 Å². The quantitative estimate of drug-likeness (QED) is 0.887. The number of ether oxygens (including phenoxy) is 1. The predicted molar refractivity (Wildman–Crippen MR) is 73.0 cm³/mol. The molecule has 0 saturated carbocycles. The van der Waals surface area contributed by atoms with Crippen LogP contribution in [0.1, 0.15) is 36.5 Å². The van der Waals surface area contributed by atoms with Gasteiger partial charge in [-0.25, -0.2) is 0 Å². The number of anilines is 1. The number of hydrogen-bond donors (Lipinski definition) is 1. The maximum atomic E-state index is 12.6. The largest absolute Gasteiger partial charge is 0.395 e. The van der Waals surface area contributed by atoms with Gasteiger partial charge in [0, 0.05) is 19.6 Å². The zero-order valence-electron chi connectivity index (χ0n) is 11.8. The number of morpholine rings is 1. The van der Waals surface area contributed by atoms with E-state index >= 15 is 0 Å². The predicted octanol–water partition coefficient (Wildman–Crippen LogP) is 1.04. The lowest BCUT2D eigenvalue weighted by atomic mass is 10.2. The van der Waals surface area contributed by atoms with Crippen molar-refractivity contribution < 1.29 is 9.53 Å². The highest BCUT2D eigenvalue weighted by molar-refractivity contribution is 5.98. The average Bonchev–Trinajstić information content (AvgIpc) is 2.73. The Bertz CT molecular complexity index is 469. The monoisotopic (exact) mass is 266 g/mol. The number of nitrogen functional groups attached to an aromatic ring is 1. The van der Waals surface area contributed by atoms with Gasteiger partial charge in [0.1, 0.15) is 5.69 Å². The number of aryl methyl sites for hydroxylation is 2. The minimum Gasteiger partial charge on any atom is -0.395 e. The van der Waals surface area contributed by atoms with E-state index in [-0.39, 0.29) is 12.0 Å². The lowest BCUT2D eigenvalue weighted by Gasteiger charge is -2.32. The molecule has 1 amide bonds. The van der Waals surface area contributed by atoms with E-state index in [0.29, 0.717) is 43.3 Å². The Hall–Kier alpha value is -1.56. The number of amides is 1. The summed E-state index contributed by atoms with van der Waals surface area (Å²) >= 11 is 0. The topological polar surface area (TPSA) is 73.4 Å². The summed E-state index contributed by atoms with van der Waals surface area (Å²) in [6, 6.07) is 0. The fourth-order valence-electron chi connectivity index (χ4n) is 2.35. The van der Waals surface area contributed by atoms with E-state index in [1.54, 1.807) is 4.68 Å². The molecule has 19 heavy (non-hydrogen) atoms. The summed E-state index contributed by atoms with van der Waals surface area (Å²) in [6.45, 7) is 8.31. The van der Waals surface area contributed by atoms with Crippen molar-refractivity contribution in [3.8, 4) is 0 Å². The van der Waals surface area contributed by atoms with Crippen LogP contribution < -0.4 is 5.73 Å². The van der Waals surface area contributed by atoms with Gasteiger partial charge >= 0.3 is 0 Å². The molecule has 2 heterocycles. The second kappa shape index (κ2) is 5.61. The third-order valence-electron chi connectivity index (χ3n) is 3.56. The molecule has 1 aromatic rings. The Balaban J connectivity index is 2.24. The molecule has 0 bridgehead atoms. The Morgan fingerprint density at radius 1 is 1.53 bits per heavy atom. The van der Waals surface area contributed by atoms with E-state index in [9.17, 15) is 4.79 Å². The van der Waals surface area contributed by atoms with E-state index in [0.717, 1.165) is 6.42 Å². The lowest BCUT2D eigenvalue weighted by molar-refractivity contribution is -0.0229. The van der Waals surface area contributed by atoms with Gasteiger partial charge in [0.25, 0.3) is 5.91 Å². The highest BCUT2D eigenvalue weighted by Gasteiger charge is 2.28. The molecule has 1 saturated heterocycles. The molecule has 2 N–H and O–H groups in total. The molecule has 0 spiro atoms. The molecule has 0 radical (unpaired) electrons. The number of carbonyl (C=O) groups is 1. The Morgan fingerprint density at radius 2 is 2.26 bits per heavy atom. The van der Waals surface area contributed by atoms with Gasteiger partial charge in [-0.1, -0.05) is 6.92 Å². The normalized spacial score (nSPS) is 19.7. The van der Waals surface area contributed by atoms with E-state index in [1.165, 1.54) is 0 Å². The molecule has 1 aliphatic rings. The van der Waals surface area contributed by atoms with Crippen LogP contribution in [0.2, 0.25) is 0 Å². The maximum Gasteiger partial charge on any atom is 0.274 e.